The van der Waals surface area contributed by atoms with Crippen LogP contribution in [0.1, 0.15) is 37.7 Å². The van der Waals surface area contributed by atoms with Crippen LogP contribution in [0.5, 0.6) is 0 Å². The molecule has 3 unspecified atom stereocenters. The molecule has 0 amide bonds. The van der Waals surface area contributed by atoms with Crippen LogP contribution in [0.4, 0.5) is 0 Å². The number of fused-ring (bicyclic) bond motifs is 1. The molecule has 2 N–H and O–H groups in total. The monoisotopic (exact) mass is 239 g/mol. The minimum absolute atomic E-state index is 0.326. The Morgan fingerprint density at radius 3 is 2.67 bits per heavy atom. The normalized spacial score (nSPS) is 28.4. The second kappa shape index (κ2) is 4.74. The molecule has 1 aliphatic carbocycles. The molecule has 0 aromatic heterocycles. The highest BCUT2D eigenvalue weighted by atomic mass is 14.7. The first kappa shape index (κ1) is 11.7. The van der Waals surface area contributed by atoms with Crippen LogP contribution in [0, 0.1) is 5.92 Å². The van der Waals surface area contributed by atoms with Crippen molar-refractivity contribution in [2.45, 2.75) is 38.1 Å². The van der Waals surface area contributed by atoms with Gasteiger partial charge in [-0.2, -0.15) is 0 Å². The van der Waals surface area contributed by atoms with E-state index in [0.717, 1.165) is 12.3 Å². The lowest BCUT2D eigenvalue weighted by molar-refractivity contribution is 0.307. The SMILES string of the molecule is CC1CCC(N)C(c2cccc3ccccc23)C1. The predicted molar refractivity (Wildman–Crippen MR) is 77.7 cm³/mol. The van der Waals surface area contributed by atoms with Crippen molar-refractivity contribution in [3.8, 4) is 0 Å². The van der Waals surface area contributed by atoms with Gasteiger partial charge in [-0.25, -0.2) is 0 Å². The summed E-state index contributed by atoms with van der Waals surface area (Å²) >= 11 is 0. The van der Waals surface area contributed by atoms with Crippen LogP contribution in [0.25, 0.3) is 10.8 Å². The van der Waals surface area contributed by atoms with Crippen molar-refractivity contribution in [1.29, 1.82) is 0 Å². The number of nitrogens with two attached hydrogens (primary N) is 1. The molecule has 0 spiro atoms. The fourth-order valence-electron chi connectivity index (χ4n) is 3.34. The maximum Gasteiger partial charge on any atom is 0.0108 e. The van der Waals surface area contributed by atoms with Gasteiger partial charge in [0.2, 0.25) is 0 Å². The van der Waals surface area contributed by atoms with Gasteiger partial charge in [-0.3, -0.25) is 0 Å². The molecule has 2 aromatic carbocycles. The van der Waals surface area contributed by atoms with Crippen LogP contribution >= 0.6 is 0 Å². The lowest BCUT2D eigenvalue weighted by Crippen LogP contribution is -2.34. The lowest BCUT2D eigenvalue weighted by atomic mass is 9.75. The van der Waals surface area contributed by atoms with Crippen LogP contribution in [0.2, 0.25) is 0 Å². The number of benzene rings is 2. The Balaban J connectivity index is 2.07. The maximum absolute atomic E-state index is 6.36. The summed E-state index contributed by atoms with van der Waals surface area (Å²) in [6.45, 7) is 2.35. The first-order valence-corrected chi connectivity index (χ1v) is 6.99. The molecule has 1 fully saturated rings. The second-order valence-electron chi connectivity index (χ2n) is 5.76. The van der Waals surface area contributed by atoms with E-state index in [4.69, 9.17) is 5.73 Å². The van der Waals surface area contributed by atoms with Crippen LogP contribution in [0.3, 0.4) is 0 Å². The van der Waals surface area contributed by atoms with E-state index in [2.05, 4.69) is 49.4 Å². The van der Waals surface area contributed by atoms with E-state index in [1.54, 1.807) is 0 Å². The molecular formula is C17H21N. The smallest absolute Gasteiger partial charge is 0.0108 e. The molecule has 3 rings (SSSR count). The van der Waals surface area contributed by atoms with Crippen LogP contribution in [-0.2, 0) is 0 Å². The molecule has 0 bridgehead atoms. The third kappa shape index (κ3) is 2.04. The lowest BCUT2D eigenvalue weighted by Gasteiger charge is -2.33. The Morgan fingerprint density at radius 2 is 1.78 bits per heavy atom. The molecular weight excluding hydrogens is 218 g/mol. The van der Waals surface area contributed by atoms with Gasteiger partial charge in [-0.05, 0) is 47.4 Å². The van der Waals surface area contributed by atoms with Crippen molar-refractivity contribution in [3.05, 3.63) is 48.0 Å². The largest absolute Gasteiger partial charge is 0.327 e. The summed E-state index contributed by atoms with van der Waals surface area (Å²) in [4.78, 5) is 0. The fraction of sp³-hybridized carbons (Fsp3) is 0.412. The highest BCUT2D eigenvalue weighted by Gasteiger charge is 2.28. The summed E-state index contributed by atoms with van der Waals surface area (Å²) < 4.78 is 0. The highest BCUT2D eigenvalue weighted by Crippen LogP contribution is 2.38. The highest BCUT2D eigenvalue weighted by molar-refractivity contribution is 5.86. The topological polar surface area (TPSA) is 26.0 Å². The quantitative estimate of drug-likeness (QED) is 0.797. The van der Waals surface area contributed by atoms with E-state index in [1.165, 1.54) is 29.2 Å². The molecule has 1 aliphatic rings. The average molecular weight is 239 g/mol. The standard InChI is InChI=1S/C17H21N/c1-12-9-10-17(18)16(11-12)15-8-4-6-13-5-2-3-7-14(13)15/h2-8,12,16-17H,9-11,18H2,1H3. The molecule has 1 heteroatoms. The average Bonchev–Trinajstić information content (AvgIpc) is 2.41. The first-order chi connectivity index (χ1) is 8.75. The Hall–Kier alpha value is -1.34. The van der Waals surface area contributed by atoms with Crippen molar-refractivity contribution in [1.82, 2.24) is 0 Å². The summed E-state index contributed by atoms with van der Waals surface area (Å²) in [5, 5.41) is 2.72. The summed E-state index contributed by atoms with van der Waals surface area (Å²) in [6.07, 6.45) is 3.67. The minimum Gasteiger partial charge on any atom is -0.327 e. The van der Waals surface area contributed by atoms with E-state index in [0.29, 0.717) is 12.0 Å². The second-order valence-corrected chi connectivity index (χ2v) is 5.76. The van der Waals surface area contributed by atoms with Gasteiger partial charge in [0.15, 0.2) is 0 Å². The van der Waals surface area contributed by atoms with E-state index < -0.39 is 0 Å². The summed E-state index contributed by atoms with van der Waals surface area (Å²) in [5.74, 6) is 1.33. The van der Waals surface area contributed by atoms with Crippen LogP contribution < -0.4 is 5.73 Å². The molecule has 18 heavy (non-hydrogen) atoms. The van der Waals surface area contributed by atoms with Crippen molar-refractivity contribution < 1.29 is 0 Å². The fourth-order valence-corrected chi connectivity index (χ4v) is 3.34. The first-order valence-electron chi connectivity index (χ1n) is 6.99. The minimum atomic E-state index is 0.326. The Kier molecular flexibility index (Phi) is 3.09. The van der Waals surface area contributed by atoms with Gasteiger partial charge >= 0.3 is 0 Å². The van der Waals surface area contributed by atoms with Gasteiger partial charge in [0.05, 0.1) is 0 Å². The van der Waals surface area contributed by atoms with E-state index in [-0.39, 0.29) is 0 Å². The Bertz CT molecular complexity index is 541. The van der Waals surface area contributed by atoms with Gasteiger partial charge in [0.1, 0.15) is 0 Å². The van der Waals surface area contributed by atoms with Crippen molar-refractivity contribution >= 4 is 10.8 Å². The molecule has 0 radical (unpaired) electrons. The van der Waals surface area contributed by atoms with Crippen molar-refractivity contribution in [2.24, 2.45) is 11.7 Å². The van der Waals surface area contributed by atoms with Crippen LogP contribution in [0.15, 0.2) is 42.5 Å². The Morgan fingerprint density at radius 1 is 1.00 bits per heavy atom. The molecule has 3 atom stereocenters. The summed E-state index contributed by atoms with van der Waals surface area (Å²) in [7, 11) is 0. The zero-order valence-corrected chi connectivity index (χ0v) is 11.0. The van der Waals surface area contributed by atoms with Gasteiger partial charge in [0, 0.05) is 6.04 Å². The molecule has 0 saturated heterocycles. The third-order valence-corrected chi connectivity index (χ3v) is 4.39. The number of hydrogen-bond acceptors (Lipinski definition) is 1. The Labute approximate surface area is 109 Å². The van der Waals surface area contributed by atoms with E-state index in [1.807, 2.05) is 0 Å². The molecule has 1 nitrogen and oxygen atoms in total. The maximum atomic E-state index is 6.36. The zero-order chi connectivity index (χ0) is 12.5. The summed E-state index contributed by atoms with van der Waals surface area (Å²) in [5.41, 5.74) is 7.82. The number of hydrogen-bond donors (Lipinski definition) is 1. The van der Waals surface area contributed by atoms with Crippen molar-refractivity contribution in [3.63, 3.8) is 0 Å². The molecule has 0 heterocycles. The van der Waals surface area contributed by atoms with E-state index in [9.17, 15) is 0 Å². The van der Waals surface area contributed by atoms with Gasteiger partial charge < -0.3 is 5.73 Å². The molecule has 94 valence electrons. The van der Waals surface area contributed by atoms with Gasteiger partial charge in [-0.1, -0.05) is 49.4 Å². The van der Waals surface area contributed by atoms with Crippen molar-refractivity contribution in [2.75, 3.05) is 0 Å². The predicted octanol–water partition coefficient (Wildman–Crippen LogP) is 4.07. The van der Waals surface area contributed by atoms with E-state index >= 15 is 0 Å². The van der Waals surface area contributed by atoms with Crippen LogP contribution in [-0.4, -0.2) is 6.04 Å². The molecule has 0 aliphatic heterocycles. The number of rotatable bonds is 1. The van der Waals surface area contributed by atoms with Gasteiger partial charge in [0.25, 0.3) is 0 Å². The third-order valence-electron chi connectivity index (χ3n) is 4.39. The summed E-state index contributed by atoms with van der Waals surface area (Å²) in [6, 6.07) is 15.6. The zero-order valence-electron chi connectivity index (χ0n) is 11.0. The molecule has 1 saturated carbocycles. The molecule has 2 aromatic rings. The van der Waals surface area contributed by atoms with Gasteiger partial charge in [-0.15, -0.1) is 0 Å².